The molecule has 26 heavy (non-hydrogen) atoms. The summed E-state index contributed by atoms with van der Waals surface area (Å²) in [6.45, 7) is 0.241. The number of para-hydroxylation sites is 2. The van der Waals surface area contributed by atoms with Crippen molar-refractivity contribution in [1.82, 2.24) is 4.98 Å². The maximum absolute atomic E-state index is 12.8. The molecule has 6 heteroatoms. The lowest BCUT2D eigenvalue weighted by Gasteiger charge is -2.19. The Morgan fingerprint density at radius 2 is 1.85 bits per heavy atom. The first kappa shape index (κ1) is 16.4. The van der Waals surface area contributed by atoms with Gasteiger partial charge in [0.05, 0.1) is 23.0 Å². The Bertz CT molecular complexity index is 963. The zero-order valence-corrected chi connectivity index (χ0v) is 14.7. The lowest BCUT2D eigenvalue weighted by molar-refractivity contribution is -0.120. The average Bonchev–Trinajstić information content (AvgIpc) is 3.34. The van der Waals surface area contributed by atoms with Gasteiger partial charge in [-0.3, -0.25) is 9.69 Å². The van der Waals surface area contributed by atoms with E-state index in [0.717, 1.165) is 10.2 Å². The van der Waals surface area contributed by atoms with Gasteiger partial charge >= 0.3 is 0 Å². The molecule has 1 amide bonds. The molecule has 130 valence electrons. The zero-order chi connectivity index (χ0) is 17.8. The monoisotopic (exact) mass is 364 g/mol. The Morgan fingerprint density at radius 1 is 1.04 bits per heavy atom. The molecular formula is C20H16N2O3S. The fourth-order valence-corrected chi connectivity index (χ4v) is 3.52. The number of ether oxygens (including phenoxy) is 1. The molecule has 0 radical (unpaired) electrons. The molecule has 5 nitrogen and oxygen atoms in total. The molecule has 0 aliphatic heterocycles. The van der Waals surface area contributed by atoms with Crippen molar-refractivity contribution in [3.8, 4) is 5.75 Å². The van der Waals surface area contributed by atoms with Crippen molar-refractivity contribution < 1.29 is 13.9 Å². The summed E-state index contributed by atoms with van der Waals surface area (Å²) in [5.41, 5.74) is 0.869. The SMILES string of the molecule is O=C(COc1ccccc1)N(Cc1ccco1)c1nc2ccccc2s1. The first-order valence-electron chi connectivity index (χ1n) is 8.16. The van der Waals surface area contributed by atoms with Crippen LogP contribution in [0.15, 0.2) is 77.4 Å². The summed E-state index contributed by atoms with van der Waals surface area (Å²) in [6.07, 6.45) is 1.59. The quantitative estimate of drug-likeness (QED) is 0.505. The molecule has 0 fully saturated rings. The summed E-state index contributed by atoms with van der Waals surface area (Å²) in [5.74, 6) is 1.17. The van der Waals surface area contributed by atoms with Gasteiger partial charge in [0.1, 0.15) is 11.5 Å². The molecule has 0 aliphatic rings. The van der Waals surface area contributed by atoms with Crippen LogP contribution in [0, 0.1) is 0 Å². The van der Waals surface area contributed by atoms with E-state index in [9.17, 15) is 4.79 Å². The third kappa shape index (κ3) is 3.60. The number of amides is 1. The molecule has 0 saturated heterocycles. The second-order valence-electron chi connectivity index (χ2n) is 5.63. The molecule has 4 rings (SSSR count). The van der Waals surface area contributed by atoms with E-state index in [0.29, 0.717) is 23.2 Å². The van der Waals surface area contributed by atoms with Gasteiger partial charge < -0.3 is 9.15 Å². The molecule has 0 unspecified atom stereocenters. The maximum atomic E-state index is 12.8. The van der Waals surface area contributed by atoms with Crippen LogP contribution in [0.5, 0.6) is 5.75 Å². The van der Waals surface area contributed by atoms with Crippen molar-refractivity contribution in [2.45, 2.75) is 6.54 Å². The molecule has 4 aromatic rings. The van der Waals surface area contributed by atoms with Crippen molar-refractivity contribution in [3.63, 3.8) is 0 Å². The van der Waals surface area contributed by atoms with Gasteiger partial charge in [-0.05, 0) is 36.4 Å². The minimum absolute atomic E-state index is 0.0688. The Morgan fingerprint density at radius 3 is 2.62 bits per heavy atom. The Balaban J connectivity index is 1.58. The molecule has 2 aromatic carbocycles. The highest BCUT2D eigenvalue weighted by Gasteiger charge is 2.21. The summed E-state index contributed by atoms with van der Waals surface area (Å²) in [6, 6.07) is 20.7. The third-order valence-corrected chi connectivity index (χ3v) is 4.87. The fourth-order valence-electron chi connectivity index (χ4n) is 2.54. The number of anilines is 1. The highest BCUT2D eigenvalue weighted by molar-refractivity contribution is 7.22. The minimum Gasteiger partial charge on any atom is -0.484 e. The van der Waals surface area contributed by atoms with Crippen molar-refractivity contribution >= 4 is 32.6 Å². The number of thiazole rings is 1. The number of hydrogen-bond donors (Lipinski definition) is 0. The van der Waals surface area contributed by atoms with Gasteiger partial charge in [0, 0.05) is 0 Å². The molecular weight excluding hydrogens is 348 g/mol. The first-order chi connectivity index (χ1) is 12.8. The standard InChI is InChI=1S/C20H16N2O3S/c23-19(14-25-15-7-2-1-3-8-15)22(13-16-9-6-12-24-16)20-21-17-10-4-5-11-18(17)26-20/h1-12H,13-14H2. The van der Waals surface area contributed by atoms with E-state index in [4.69, 9.17) is 9.15 Å². The number of fused-ring (bicyclic) bond motifs is 1. The zero-order valence-electron chi connectivity index (χ0n) is 13.9. The van der Waals surface area contributed by atoms with Crippen LogP contribution in [-0.2, 0) is 11.3 Å². The largest absolute Gasteiger partial charge is 0.484 e. The first-order valence-corrected chi connectivity index (χ1v) is 8.97. The van der Waals surface area contributed by atoms with E-state index in [-0.39, 0.29) is 12.5 Å². The molecule has 0 saturated carbocycles. The van der Waals surface area contributed by atoms with Crippen LogP contribution < -0.4 is 9.64 Å². The summed E-state index contributed by atoms with van der Waals surface area (Å²) in [7, 11) is 0. The minimum atomic E-state index is -0.177. The van der Waals surface area contributed by atoms with Crippen LogP contribution in [0.4, 0.5) is 5.13 Å². The lowest BCUT2D eigenvalue weighted by Crippen LogP contribution is -2.34. The van der Waals surface area contributed by atoms with Gasteiger partial charge in [-0.2, -0.15) is 0 Å². The summed E-state index contributed by atoms with van der Waals surface area (Å²) >= 11 is 1.47. The molecule has 0 N–H and O–H groups in total. The smallest absolute Gasteiger partial charge is 0.267 e. The highest BCUT2D eigenvalue weighted by Crippen LogP contribution is 2.29. The number of hydrogen-bond acceptors (Lipinski definition) is 5. The summed E-state index contributed by atoms with van der Waals surface area (Å²) in [4.78, 5) is 19.0. The maximum Gasteiger partial charge on any atom is 0.267 e. The second kappa shape index (κ2) is 7.41. The molecule has 0 atom stereocenters. The lowest BCUT2D eigenvalue weighted by atomic mass is 10.3. The normalized spacial score (nSPS) is 10.8. The number of benzene rings is 2. The van der Waals surface area contributed by atoms with Crippen molar-refractivity contribution in [2.75, 3.05) is 11.5 Å². The van der Waals surface area contributed by atoms with E-state index >= 15 is 0 Å². The molecule has 0 spiro atoms. The predicted octanol–water partition coefficient (Wildman–Crippen LogP) is 4.50. The van der Waals surface area contributed by atoms with Crippen molar-refractivity contribution in [2.24, 2.45) is 0 Å². The Labute approximate surface area is 154 Å². The molecule has 0 aliphatic carbocycles. The van der Waals surface area contributed by atoms with Gasteiger partial charge in [-0.15, -0.1) is 0 Å². The summed E-state index contributed by atoms with van der Waals surface area (Å²) in [5, 5.41) is 0.629. The van der Waals surface area contributed by atoms with Crippen LogP contribution >= 0.6 is 11.3 Å². The second-order valence-corrected chi connectivity index (χ2v) is 6.63. The van der Waals surface area contributed by atoms with E-state index in [1.165, 1.54) is 11.3 Å². The number of rotatable bonds is 6. The van der Waals surface area contributed by atoms with Crippen LogP contribution in [0.3, 0.4) is 0 Å². The molecule has 2 aromatic heterocycles. The molecule has 2 heterocycles. The van der Waals surface area contributed by atoms with Crippen LogP contribution in [0.25, 0.3) is 10.2 Å². The van der Waals surface area contributed by atoms with Crippen LogP contribution in [-0.4, -0.2) is 17.5 Å². The number of furan rings is 1. The molecule has 0 bridgehead atoms. The van der Waals surface area contributed by atoms with Crippen molar-refractivity contribution in [1.29, 1.82) is 0 Å². The van der Waals surface area contributed by atoms with Gasteiger partial charge in [0.25, 0.3) is 5.91 Å². The number of aromatic nitrogens is 1. The van der Waals surface area contributed by atoms with E-state index in [1.807, 2.05) is 60.7 Å². The predicted molar refractivity (Wildman–Crippen MR) is 101 cm³/mol. The van der Waals surface area contributed by atoms with E-state index in [1.54, 1.807) is 17.2 Å². The van der Waals surface area contributed by atoms with E-state index in [2.05, 4.69) is 4.98 Å². The van der Waals surface area contributed by atoms with E-state index < -0.39 is 0 Å². The topological polar surface area (TPSA) is 55.6 Å². The Kier molecular flexibility index (Phi) is 4.66. The third-order valence-electron chi connectivity index (χ3n) is 3.81. The number of carbonyl (C=O) groups is 1. The van der Waals surface area contributed by atoms with Gasteiger partial charge in [-0.1, -0.05) is 41.7 Å². The van der Waals surface area contributed by atoms with Crippen LogP contribution in [0.1, 0.15) is 5.76 Å². The van der Waals surface area contributed by atoms with Crippen LogP contribution in [0.2, 0.25) is 0 Å². The van der Waals surface area contributed by atoms with Gasteiger partial charge in [0.15, 0.2) is 11.7 Å². The number of carbonyl (C=O) groups excluding carboxylic acids is 1. The van der Waals surface area contributed by atoms with Gasteiger partial charge in [0.2, 0.25) is 0 Å². The van der Waals surface area contributed by atoms with Crippen molar-refractivity contribution in [3.05, 3.63) is 78.8 Å². The van der Waals surface area contributed by atoms with Gasteiger partial charge in [-0.25, -0.2) is 4.98 Å². The Hall–Kier alpha value is -3.12. The summed E-state index contributed by atoms with van der Waals surface area (Å²) < 4.78 is 12.1. The highest BCUT2D eigenvalue weighted by atomic mass is 32.1. The fraction of sp³-hybridized carbons (Fsp3) is 0.100. The average molecular weight is 364 g/mol. The number of nitrogens with zero attached hydrogens (tertiary/aromatic N) is 2.